The van der Waals surface area contributed by atoms with Crippen LogP contribution in [0.25, 0.3) is 6.08 Å². The first kappa shape index (κ1) is 12.8. The first-order chi connectivity index (χ1) is 7.55. The van der Waals surface area contributed by atoms with E-state index in [4.69, 9.17) is 0 Å². The van der Waals surface area contributed by atoms with Crippen molar-refractivity contribution in [3.8, 4) is 0 Å². The summed E-state index contributed by atoms with van der Waals surface area (Å²) in [5, 5.41) is 0. The number of rotatable bonds is 4. The molecule has 0 heterocycles. The van der Waals surface area contributed by atoms with Crippen LogP contribution in [0.1, 0.15) is 30.4 Å². The second kappa shape index (κ2) is 5.73. The lowest BCUT2D eigenvalue weighted by molar-refractivity contribution is -0.137. The molecule has 3 heteroatoms. The molecule has 1 radical (unpaired) electrons. The lowest BCUT2D eigenvalue weighted by Gasteiger charge is -2.09. The van der Waals surface area contributed by atoms with Gasteiger partial charge >= 0.3 is 6.18 Å². The summed E-state index contributed by atoms with van der Waals surface area (Å²) < 4.78 is 37.7. The zero-order chi connectivity index (χ0) is 12.0. The van der Waals surface area contributed by atoms with E-state index in [1.54, 1.807) is 12.1 Å². The Morgan fingerprint density at radius 2 is 1.88 bits per heavy atom. The molecule has 0 N–H and O–H groups in total. The summed E-state index contributed by atoms with van der Waals surface area (Å²) in [6, 6.07) is 5.58. The maximum absolute atomic E-state index is 12.6. The summed E-state index contributed by atoms with van der Waals surface area (Å²) in [7, 11) is 0. The van der Waals surface area contributed by atoms with Gasteiger partial charge in [0.05, 0.1) is 5.56 Å². The minimum atomic E-state index is -4.28. The average molecular weight is 227 g/mol. The van der Waals surface area contributed by atoms with Crippen LogP contribution in [0.3, 0.4) is 0 Å². The smallest absolute Gasteiger partial charge is 0.166 e. The molecule has 0 nitrogen and oxygen atoms in total. The predicted octanol–water partition coefficient (Wildman–Crippen LogP) is 4.72. The van der Waals surface area contributed by atoms with Crippen molar-refractivity contribution in [1.82, 2.24) is 0 Å². The van der Waals surface area contributed by atoms with Crippen molar-refractivity contribution in [3.63, 3.8) is 0 Å². The van der Waals surface area contributed by atoms with E-state index in [1.807, 2.05) is 0 Å². The lowest BCUT2D eigenvalue weighted by Crippen LogP contribution is -2.06. The second-order valence-electron chi connectivity index (χ2n) is 3.48. The summed E-state index contributed by atoms with van der Waals surface area (Å²) >= 11 is 0. The maximum atomic E-state index is 12.6. The van der Waals surface area contributed by atoms with Gasteiger partial charge < -0.3 is 0 Å². The molecule has 0 aliphatic heterocycles. The highest BCUT2D eigenvalue weighted by atomic mass is 19.4. The summed E-state index contributed by atoms with van der Waals surface area (Å²) in [6.07, 6.45) is 1.45. The van der Waals surface area contributed by atoms with Crippen molar-refractivity contribution in [1.29, 1.82) is 0 Å². The fraction of sp³-hybridized carbons (Fsp3) is 0.308. The number of unbranched alkanes of at least 4 members (excludes halogenated alkanes) is 2. The number of benzene rings is 1. The average Bonchev–Trinajstić information content (AvgIpc) is 2.24. The molecule has 0 aliphatic rings. The molecule has 16 heavy (non-hydrogen) atoms. The highest BCUT2D eigenvalue weighted by Gasteiger charge is 2.32. The topological polar surface area (TPSA) is 0 Å². The Morgan fingerprint density at radius 1 is 1.19 bits per heavy atom. The van der Waals surface area contributed by atoms with Crippen molar-refractivity contribution < 1.29 is 13.2 Å². The van der Waals surface area contributed by atoms with Crippen molar-refractivity contribution in [2.75, 3.05) is 0 Å². The van der Waals surface area contributed by atoms with E-state index >= 15 is 0 Å². The number of alkyl halides is 3. The Hall–Kier alpha value is -1.25. The van der Waals surface area contributed by atoms with Gasteiger partial charge in [0.15, 0.2) is 0 Å². The molecule has 0 fully saturated rings. The van der Waals surface area contributed by atoms with Crippen molar-refractivity contribution in [2.45, 2.75) is 25.4 Å². The normalized spacial score (nSPS) is 12.2. The SMILES string of the molecule is [CH2]CCC/C=C/c1ccccc1C(F)(F)F. The molecule has 0 unspecified atom stereocenters. The largest absolute Gasteiger partial charge is 0.416 e. The number of allylic oxidation sites excluding steroid dienone is 1. The molecule has 0 saturated heterocycles. The van der Waals surface area contributed by atoms with E-state index in [1.165, 1.54) is 18.2 Å². The van der Waals surface area contributed by atoms with E-state index in [-0.39, 0.29) is 5.56 Å². The van der Waals surface area contributed by atoms with E-state index in [0.29, 0.717) is 0 Å². The summed E-state index contributed by atoms with van der Waals surface area (Å²) in [5.41, 5.74) is -0.361. The van der Waals surface area contributed by atoms with Gasteiger partial charge in [0.25, 0.3) is 0 Å². The van der Waals surface area contributed by atoms with Crippen LogP contribution >= 0.6 is 0 Å². The van der Waals surface area contributed by atoms with Gasteiger partial charge in [-0.2, -0.15) is 13.2 Å². The first-order valence-electron chi connectivity index (χ1n) is 5.17. The van der Waals surface area contributed by atoms with Crippen LogP contribution in [0, 0.1) is 6.92 Å². The van der Waals surface area contributed by atoms with Gasteiger partial charge in [-0.25, -0.2) is 0 Å². The molecule has 1 aromatic rings. The summed E-state index contributed by atoms with van der Waals surface area (Å²) in [5.74, 6) is 0. The Labute approximate surface area is 93.8 Å². The monoisotopic (exact) mass is 227 g/mol. The van der Waals surface area contributed by atoms with Crippen LogP contribution in [-0.4, -0.2) is 0 Å². The van der Waals surface area contributed by atoms with Gasteiger partial charge in [-0.05, 0) is 24.5 Å². The van der Waals surface area contributed by atoms with Gasteiger partial charge in [-0.1, -0.05) is 43.7 Å². The van der Waals surface area contributed by atoms with Gasteiger partial charge in [0, 0.05) is 0 Å². The first-order valence-corrected chi connectivity index (χ1v) is 5.17. The van der Waals surface area contributed by atoms with E-state index in [0.717, 1.165) is 25.3 Å². The van der Waals surface area contributed by atoms with Crippen molar-refractivity contribution in [2.24, 2.45) is 0 Å². The fourth-order valence-electron chi connectivity index (χ4n) is 1.37. The molecular weight excluding hydrogens is 213 g/mol. The minimum absolute atomic E-state index is 0.221. The third-order valence-corrected chi connectivity index (χ3v) is 2.18. The molecule has 0 bridgehead atoms. The minimum Gasteiger partial charge on any atom is -0.166 e. The Morgan fingerprint density at radius 3 is 2.50 bits per heavy atom. The molecule has 0 spiro atoms. The predicted molar refractivity (Wildman–Crippen MR) is 59.7 cm³/mol. The van der Waals surface area contributed by atoms with Crippen molar-refractivity contribution in [3.05, 3.63) is 48.4 Å². The van der Waals surface area contributed by atoms with E-state index < -0.39 is 11.7 Å². The summed E-state index contributed by atoms with van der Waals surface area (Å²) in [6.45, 7) is 3.67. The zero-order valence-electron chi connectivity index (χ0n) is 8.93. The molecule has 1 rings (SSSR count). The third-order valence-electron chi connectivity index (χ3n) is 2.18. The van der Waals surface area contributed by atoms with Crippen LogP contribution in [0.5, 0.6) is 0 Å². The van der Waals surface area contributed by atoms with Crippen LogP contribution in [0.2, 0.25) is 0 Å². The highest BCUT2D eigenvalue weighted by molar-refractivity contribution is 5.54. The lowest BCUT2D eigenvalue weighted by atomic mass is 10.1. The molecule has 0 saturated carbocycles. The van der Waals surface area contributed by atoms with Crippen LogP contribution in [0.15, 0.2) is 30.3 Å². The van der Waals surface area contributed by atoms with Gasteiger partial charge in [-0.3, -0.25) is 0 Å². The quantitative estimate of drug-likeness (QED) is 0.653. The van der Waals surface area contributed by atoms with Gasteiger partial charge in [0.1, 0.15) is 0 Å². The van der Waals surface area contributed by atoms with E-state index in [2.05, 4.69) is 6.92 Å². The molecule has 0 amide bonds. The molecule has 0 aromatic heterocycles. The molecule has 1 aromatic carbocycles. The Balaban J connectivity index is 2.83. The summed E-state index contributed by atoms with van der Waals surface area (Å²) in [4.78, 5) is 0. The Bertz CT molecular complexity index is 350. The number of hydrogen-bond acceptors (Lipinski definition) is 0. The molecular formula is C13H14F3. The number of halogens is 3. The molecule has 0 atom stereocenters. The maximum Gasteiger partial charge on any atom is 0.416 e. The number of hydrogen-bond donors (Lipinski definition) is 0. The Kier molecular flexibility index (Phi) is 4.59. The van der Waals surface area contributed by atoms with Gasteiger partial charge in [-0.15, -0.1) is 0 Å². The van der Waals surface area contributed by atoms with Crippen LogP contribution in [-0.2, 0) is 6.18 Å². The zero-order valence-corrected chi connectivity index (χ0v) is 8.93. The standard InChI is InChI=1S/C13H14F3/c1-2-3-4-5-8-11-9-6-7-10-12(11)13(14,15)16/h5-10H,1-4H2/b8-5+. The van der Waals surface area contributed by atoms with Crippen LogP contribution < -0.4 is 0 Å². The molecule has 87 valence electrons. The third kappa shape index (κ3) is 3.72. The second-order valence-corrected chi connectivity index (χ2v) is 3.48. The highest BCUT2D eigenvalue weighted by Crippen LogP contribution is 2.32. The fourth-order valence-corrected chi connectivity index (χ4v) is 1.37. The van der Waals surface area contributed by atoms with E-state index in [9.17, 15) is 13.2 Å². The van der Waals surface area contributed by atoms with Crippen LogP contribution in [0.4, 0.5) is 13.2 Å². The van der Waals surface area contributed by atoms with Gasteiger partial charge in [0.2, 0.25) is 0 Å². The van der Waals surface area contributed by atoms with Crippen molar-refractivity contribution >= 4 is 6.08 Å². The molecule has 0 aliphatic carbocycles.